The molecule has 5 nitrogen and oxygen atoms in total. The quantitative estimate of drug-likeness (QED) is 0.832. The third-order valence-electron chi connectivity index (χ3n) is 5.08. The first kappa shape index (κ1) is 17.6. The van der Waals surface area contributed by atoms with Gasteiger partial charge in [-0.1, -0.05) is 12.8 Å². The van der Waals surface area contributed by atoms with Gasteiger partial charge < -0.3 is 15.1 Å². The largest absolute Gasteiger partial charge is 0.352 e. The molecule has 1 saturated carbocycles. The SMILES string of the molecule is CN(C)C(C)(C)CNC(=O)[C@@H]1CSCN1C(=O)C1CCCC1. The monoisotopic (exact) mass is 327 g/mol. The average molecular weight is 327 g/mol. The Bertz CT molecular complexity index is 420. The highest BCUT2D eigenvalue weighted by Crippen LogP contribution is 2.30. The number of amides is 2. The molecule has 2 rings (SSSR count). The number of carbonyl (C=O) groups excluding carboxylic acids is 2. The van der Waals surface area contributed by atoms with E-state index in [0.717, 1.165) is 25.7 Å². The van der Waals surface area contributed by atoms with Crippen LogP contribution >= 0.6 is 11.8 Å². The third-order valence-corrected chi connectivity index (χ3v) is 6.09. The first-order valence-electron chi connectivity index (χ1n) is 8.16. The standard InChI is InChI=1S/C16H29N3O2S/c1-16(2,18(3)4)10-17-14(20)13-9-22-11-19(13)15(21)12-7-5-6-8-12/h12-13H,5-11H2,1-4H3,(H,17,20)/t13-/m0/s1. The number of hydrogen-bond acceptors (Lipinski definition) is 4. The predicted molar refractivity (Wildman–Crippen MR) is 90.7 cm³/mol. The van der Waals surface area contributed by atoms with Crippen LogP contribution in [-0.2, 0) is 9.59 Å². The van der Waals surface area contributed by atoms with Crippen molar-refractivity contribution < 1.29 is 9.59 Å². The lowest BCUT2D eigenvalue weighted by Crippen LogP contribution is -2.53. The Morgan fingerprint density at radius 2 is 1.91 bits per heavy atom. The molecule has 0 aromatic carbocycles. The number of thioether (sulfide) groups is 1. The maximum atomic E-state index is 12.6. The number of rotatable bonds is 5. The van der Waals surface area contributed by atoms with Gasteiger partial charge in [0.25, 0.3) is 0 Å². The van der Waals surface area contributed by atoms with E-state index in [-0.39, 0.29) is 29.3 Å². The van der Waals surface area contributed by atoms with Gasteiger partial charge in [0.1, 0.15) is 6.04 Å². The fraction of sp³-hybridized carbons (Fsp3) is 0.875. The van der Waals surface area contributed by atoms with Crippen molar-refractivity contribution in [1.29, 1.82) is 0 Å². The smallest absolute Gasteiger partial charge is 0.243 e. The van der Waals surface area contributed by atoms with Gasteiger partial charge in [-0.05, 0) is 40.8 Å². The van der Waals surface area contributed by atoms with Gasteiger partial charge in [0.2, 0.25) is 11.8 Å². The summed E-state index contributed by atoms with van der Waals surface area (Å²) in [6, 6.07) is -0.295. The molecule has 0 aromatic rings. The number of likely N-dealkylation sites (N-methyl/N-ethyl adjacent to an activating group) is 1. The Morgan fingerprint density at radius 1 is 1.27 bits per heavy atom. The summed E-state index contributed by atoms with van der Waals surface area (Å²) in [5, 5.41) is 3.03. The van der Waals surface area contributed by atoms with Gasteiger partial charge in [0.15, 0.2) is 0 Å². The molecule has 22 heavy (non-hydrogen) atoms. The van der Waals surface area contributed by atoms with Crippen LogP contribution in [0.4, 0.5) is 0 Å². The Balaban J connectivity index is 1.92. The summed E-state index contributed by atoms with van der Waals surface area (Å²) in [7, 11) is 4.01. The van der Waals surface area contributed by atoms with Crippen LogP contribution in [0.1, 0.15) is 39.5 Å². The van der Waals surface area contributed by atoms with Gasteiger partial charge in [0.05, 0.1) is 5.88 Å². The van der Waals surface area contributed by atoms with Crippen LogP contribution in [0.3, 0.4) is 0 Å². The van der Waals surface area contributed by atoms with Crippen molar-refractivity contribution in [3.63, 3.8) is 0 Å². The Kier molecular flexibility index (Phi) is 5.77. The van der Waals surface area contributed by atoms with Crippen LogP contribution < -0.4 is 5.32 Å². The van der Waals surface area contributed by atoms with Crippen LogP contribution in [0.2, 0.25) is 0 Å². The van der Waals surface area contributed by atoms with Crippen LogP contribution in [0, 0.1) is 5.92 Å². The molecule has 1 N–H and O–H groups in total. The second-order valence-electron chi connectivity index (χ2n) is 7.23. The highest BCUT2D eigenvalue weighted by atomic mass is 32.2. The molecule has 0 radical (unpaired) electrons. The predicted octanol–water partition coefficient (Wildman–Crippen LogP) is 1.53. The van der Waals surface area contributed by atoms with Crippen LogP contribution in [-0.4, -0.2) is 65.5 Å². The highest BCUT2D eigenvalue weighted by molar-refractivity contribution is 7.99. The Hall–Kier alpha value is -0.750. The van der Waals surface area contributed by atoms with E-state index in [1.165, 1.54) is 0 Å². The normalized spacial score (nSPS) is 23.3. The summed E-state index contributed by atoms with van der Waals surface area (Å²) in [4.78, 5) is 29.0. The summed E-state index contributed by atoms with van der Waals surface area (Å²) in [5.74, 6) is 1.70. The lowest BCUT2D eigenvalue weighted by Gasteiger charge is -2.33. The average Bonchev–Trinajstić information content (AvgIpc) is 3.14. The van der Waals surface area contributed by atoms with Gasteiger partial charge in [0, 0.05) is 23.8 Å². The molecule has 0 bridgehead atoms. The lowest BCUT2D eigenvalue weighted by atomic mass is 10.0. The topological polar surface area (TPSA) is 52.7 Å². The summed E-state index contributed by atoms with van der Waals surface area (Å²) >= 11 is 1.68. The number of nitrogens with zero attached hydrogens (tertiary/aromatic N) is 2. The Morgan fingerprint density at radius 3 is 2.50 bits per heavy atom. The fourth-order valence-electron chi connectivity index (χ4n) is 2.86. The minimum atomic E-state index is -0.295. The van der Waals surface area contributed by atoms with Crippen LogP contribution in [0.25, 0.3) is 0 Å². The summed E-state index contributed by atoms with van der Waals surface area (Å²) in [6.07, 6.45) is 4.26. The van der Waals surface area contributed by atoms with E-state index in [9.17, 15) is 9.59 Å². The van der Waals surface area contributed by atoms with Crippen molar-refractivity contribution in [2.45, 2.75) is 51.1 Å². The molecule has 2 aliphatic rings. The molecule has 6 heteroatoms. The maximum absolute atomic E-state index is 12.6. The van der Waals surface area contributed by atoms with E-state index in [4.69, 9.17) is 0 Å². The summed E-state index contributed by atoms with van der Waals surface area (Å²) < 4.78 is 0. The number of hydrogen-bond donors (Lipinski definition) is 1. The molecule has 1 aliphatic carbocycles. The second kappa shape index (κ2) is 7.21. The van der Waals surface area contributed by atoms with Crippen molar-refractivity contribution in [3.8, 4) is 0 Å². The highest BCUT2D eigenvalue weighted by Gasteiger charge is 2.38. The molecule has 1 saturated heterocycles. The van der Waals surface area contributed by atoms with Crippen LogP contribution in [0.5, 0.6) is 0 Å². The number of nitrogens with one attached hydrogen (secondary N) is 1. The molecule has 1 aliphatic heterocycles. The van der Waals surface area contributed by atoms with Gasteiger partial charge >= 0.3 is 0 Å². The second-order valence-corrected chi connectivity index (χ2v) is 8.23. The zero-order valence-electron chi connectivity index (χ0n) is 14.2. The van der Waals surface area contributed by atoms with E-state index in [1.807, 2.05) is 14.1 Å². The fourth-order valence-corrected chi connectivity index (χ4v) is 4.03. The lowest BCUT2D eigenvalue weighted by molar-refractivity contribution is -0.141. The molecule has 2 fully saturated rings. The van der Waals surface area contributed by atoms with Crippen molar-refractivity contribution in [2.75, 3.05) is 32.3 Å². The third kappa shape index (κ3) is 3.96. The zero-order chi connectivity index (χ0) is 16.3. The zero-order valence-corrected chi connectivity index (χ0v) is 15.0. The minimum Gasteiger partial charge on any atom is -0.352 e. The van der Waals surface area contributed by atoms with Crippen LogP contribution in [0.15, 0.2) is 0 Å². The van der Waals surface area contributed by atoms with Crippen molar-refractivity contribution >= 4 is 23.6 Å². The van der Waals surface area contributed by atoms with Gasteiger partial charge in [-0.25, -0.2) is 0 Å². The van der Waals surface area contributed by atoms with Gasteiger partial charge in [-0.3, -0.25) is 9.59 Å². The van der Waals surface area contributed by atoms with E-state index >= 15 is 0 Å². The molecule has 0 aromatic heterocycles. The maximum Gasteiger partial charge on any atom is 0.243 e. The van der Waals surface area contributed by atoms with Crippen molar-refractivity contribution in [2.24, 2.45) is 5.92 Å². The van der Waals surface area contributed by atoms with E-state index in [2.05, 4.69) is 24.1 Å². The van der Waals surface area contributed by atoms with E-state index in [1.54, 1.807) is 16.7 Å². The summed E-state index contributed by atoms with van der Waals surface area (Å²) in [5.41, 5.74) is -0.0955. The Labute approximate surface area is 138 Å². The minimum absolute atomic E-state index is 0.00808. The molecule has 126 valence electrons. The van der Waals surface area contributed by atoms with E-state index in [0.29, 0.717) is 18.2 Å². The molecular formula is C16H29N3O2S. The first-order valence-corrected chi connectivity index (χ1v) is 9.32. The molecule has 1 atom stereocenters. The van der Waals surface area contributed by atoms with E-state index < -0.39 is 0 Å². The summed E-state index contributed by atoms with van der Waals surface area (Å²) in [6.45, 7) is 4.78. The van der Waals surface area contributed by atoms with Crippen molar-refractivity contribution in [3.05, 3.63) is 0 Å². The molecule has 0 unspecified atom stereocenters. The van der Waals surface area contributed by atoms with Crippen molar-refractivity contribution in [1.82, 2.24) is 15.1 Å². The van der Waals surface area contributed by atoms with Gasteiger partial charge in [-0.2, -0.15) is 0 Å². The van der Waals surface area contributed by atoms with Gasteiger partial charge in [-0.15, -0.1) is 11.8 Å². The molecular weight excluding hydrogens is 298 g/mol. The molecule has 0 spiro atoms. The first-order chi connectivity index (χ1) is 10.3. The molecule has 1 heterocycles. The molecule has 2 amide bonds. The number of carbonyl (C=O) groups is 2.